The highest BCUT2D eigenvalue weighted by atomic mass is 16.1. The van der Waals surface area contributed by atoms with Crippen molar-refractivity contribution in [2.24, 2.45) is 22.8 Å². The van der Waals surface area contributed by atoms with Gasteiger partial charge in [0.25, 0.3) is 0 Å². The van der Waals surface area contributed by atoms with Crippen LogP contribution in [-0.2, 0) is 4.79 Å². The second-order valence-corrected chi connectivity index (χ2v) is 5.20. The summed E-state index contributed by atoms with van der Waals surface area (Å²) in [6.07, 6.45) is 0.822. The number of Topliss-reactive ketones (excluding diaryl/α,β-unsaturated/α-hetero) is 1. The number of guanidine groups is 1. The summed E-state index contributed by atoms with van der Waals surface area (Å²) >= 11 is 0. The van der Waals surface area contributed by atoms with Crippen LogP contribution in [-0.4, -0.2) is 23.8 Å². The Morgan fingerprint density at radius 2 is 2.07 bits per heavy atom. The summed E-state index contributed by atoms with van der Waals surface area (Å²) in [7, 11) is 0. The molecule has 0 spiro atoms. The zero-order chi connectivity index (χ0) is 11.8. The Morgan fingerprint density at radius 1 is 1.53 bits per heavy atom. The molecule has 1 aliphatic rings. The van der Waals surface area contributed by atoms with Gasteiger partial charge < -0.3 is 16.8 Å². The largest absolute Gasteiger partial charge is 0.370 e. The Labute approximate surface area is 90.1 Å². The number of hydrogen-bond donors (Lipinski definition) is 4. The predicted octanol–water partition coefficient (Wildman–Crippen LogP) is -0.200. The van der Waals surface area contributed by atoms with E-state index in [1.807, 2.05) is 20.8 Å². The Morgan fingerprint density at radius 3 is 2.47 bits per heavy atom. The Kier molecular flexibility index (Phi) is 3.04. The van der Waals surface area contributed by atoms with Gasteiger partial charge in [0.2, 0.25) is 0 Å². The van der Waals surface area contributed by atoms with Gasteiger partial charge in [-0.25, -0.2) is 0 Å². The molecule has 6 N–H and O–H groups in total. The second-order valence-electron chi connectivity index (χ2n) is 5.20. The molecule has 86 valence electrons. The maximum Gasteiger partial charge on any atom is 0.185 e. The number of nitrogens with two attached hydrogens (primary N) is 2. The SMILES string of the molecule is CC(C)(C)C(=O)C(N)C1CC1NC(=N)N. The third-order valence-electron chi connectivity index (χ3n) is 2.68. The van der Waals surface area contributed by atoms with Crippen LogP contribution in [0.3, 0.4) is 0 Å². The highest BCUT2D eigenvalue weighted by Gasteiger charge is 2.46. The summed E-state index contributed by atoms with van der Waals surface area (Å²) in [5.74, 6) is 0.138. The van der Waals surface area contributed by atoms with Gasteiger partial charge in [0.15, 0.2) is 11.7 Å². The van der Waals surface area contributed by atoms with Crippen LogP contribution >= 0.6 is 0 Å². The van der Waals surface area contributed by atoms with Crippen LogP contribution in [0.4, 0.5) is 0 Å². The first-order valence-electron chi connectivity index (χ1n) is 5.14. The van der Waals surface area contributed by atoms with E-state index in [0.717, 1.165) is 6.42 Å². The number of hydrogen-bond acceptors (Lipinski definition) is 3. The summed E-state index contributed by atoms with van der Waals surface area (Å²) in [6, 6.07) is -0.342. The molecule has 0 heterocycles. The molecule has 3 atom stereocenters. The number of carbonyl (C=O) groups is 1. The fourth-order valence-electron chi connectivity index (χ4n) is 1.67. The lowest BCUT2D eigenvalue weighted by Gasteiger charge is -2.21. The normalized spacial score (nSPS) is 26.9. The van der Waals surface area contributed by atoms with E-state index in [1.54, 1.807) is 0 Å². The van der Waals surface area contributed by atoms with Crippen LogP contribution in [0, 0.1) is 16.7 Å². The van der Waals surface area contributed by atoms with E-state index in [4.69, 9.17) is 16.9 Å². The number of ketones is 1. The van der Waals surface area contributed by atoms with E-state index >= 15 is 0 Å². The maximum atomic E-state index is 11.8. The van der Waals surface area contributed by atoms with Gasteiger partial charge >= 0.3 is 0 Å². The third kappa shape index (κ3) is 2.92. The quantitative estimate of drug-likeness (QED) is 0.384. The van der Waals surface area contributed by atoms with E-state index in [1.165, 1.54) is 0 Å². The van der Waals surface area contributed by atoms with Gasteiger partial charge in [-0.05, 0) is 6.42 Å². The molecule has 1 rings (SSSR count). The van der Waals surface area contributed by atoms with Crippen LogP contribution in [0.2, 0.25) is 0 Å². The van der Waals surface area contributed by atoms with Crippen molar-refractivity contribution in [2.75, 3.05) is 0 Å². The Balaban J connectivity index is 2.48. The van der Waals surface area contributed by atoms with Gasteiger partial charge in [-0.1, -0.05) is 20.8 Å². The van der Waals surface area contributed by atoms with Crippen molar-refractivity contribution in [3.8, 4) is 0 Å². The van der Waals surface area contributed by atoms with Gasteiger partial charge in [0.1, 0.15) is 0 Å². The van der Waals surface area contributed by atoms with E-state index in [9.17, 15) is 4.79 Å². The van der Waals surface area contributed by atoms with Gasteiger partial charge in [-0.15, -0.1) is 0 Å². The smallest absolute Gasteiger partial charge is 0.185 e. The standard InChI is InChI=1S/C10H20N4O/c1-10(2,3)8(15)7(11)5-4-6(5)14-9(12)13/h5-7H,4,11H2,1-3H3,(H4,12,13,14). The zero-order valence-corrected chi connectivity index (χ0v) is 9.50. The average Bonchev–Trinajstić information content (AvgIpc) is 2.78. The van der Waals surface area contributed by atoms with Crippen LogP contribution in [0.25, 0.3) is 0 Å². The molecule has 0 radical (unpaired) electrons. The van der Waals surface area contributed by atoms with E-state index in [-0.39, 0.29) is 23.7 Å². The summed E-state index contributed by atoms with van der Waals surface area (Å²) in [5.41, 5.74) is 10.7. The summed E-state index contributed by atoms with van der Waals surface area (Å²) in [5, 5.41) is 9.85. The fraction of sp³-hybridized carbons (Fsp3) is 0.800. The van der Waals surface area contributed by atoms with Crippen molar-refractivity contribution < 1.29 is 4.79 Å². The molecule has 3 unspecified atom stereocenters. The van der Waals surface area contributed by atoms with Crippen LogP contribution < -0.4 is 16.8 Å². The maximum absolute atomic E-state index is 11.8. The molecule has 0 aromatic rings. The lowest BCUT2D eigenvalue weighted by molar-refractivity contribution is -0.128. The van der Waals surface area contributed by atoms with Crippen molar-refractivity contribution in [1.29, 1.82) is 5.41 Å². The highest BCUT2D eigenvalue weighted by molar-refractivity contribution is 5.89. The van der Waals surface area contributed by atoms with Crippen LogP contribution in [0.5, 0.6) is 0 Å². The van der Waals surface area contributed by atoms with Crippen molar-refractivity contribution in [2.45, 2.75) is 39.3 Å². The summed E-state index contributed by atoms with van der Waals surface area (Å²) in [4.78, 5) is 11.8. The molecule has 0 aliphatic heterocycles. The minimum absolute atomic E-state index is 0.0575. The van der Waals surface area contributed by atoms with Crippen molar-refractivity contribution in [3.63, 3.8) is 0 Å². The fourth-order valence-corrected chi connectivity index (χ4v) is 1.67. The second kappa shape index (κ2) is 3.81. The summed E-state index contributed by atoms with van der Waals surface area (Å²) < 4.78 is 0. The number of carbonyl (C=O) groups excluding carboxylic acids is 1. The first-order chi connectivity index (χ1) is 6.73. The van der Waals surface area contributed by atoms with Crippen LogP contribution in [0.15, 0.2) is 0 Å². The van der Waals surface area contributed by atoms with Crippen molar-refractivity contribution in [3.05, 3.63) is 0 Å². The van der Waals surface area contributed by atoms with Crippen LogP contribution in [0.1, 0.15) is 27.2 Å². The molecule has 5 heteroatoms. The lowest BCUT2D eigenvalue weighted by Crippen LogP contribution is -2.43. The highest BCUT2D eigenvalue weighted by Crippen LogP contribution is 2.35. The lowest BCUT2D eigenvalue weighted by atomic mass is 9.85. The number of nitrogens with one attached hydrogen (secondary N) is 2. The first kappa shape index (κ1) is 12.0. The molecule has 15 heavy (non-hydrogen) atoms. The monoisotopic (exact) mass is 212 g/mol. The topological polar surface area (TPSA) is 105 Å². The minimum atomic E-state index is -0.443. The zero-order valence-electron chi connectivity index (χ0n) is 9.50. The Hall–Kier alpha value is -1.10. The summed E-state index contributed by atoms with van der Waals surface area (Å²) in [6.45, 7) is 5.60. The molecule has 5 nitrogen and oxygen atoms in total. The van der Waals surface area contributed by atoms with Gasteiger partial charge in [0.05, 0.1) is 6.04 Å². The molecular weight excluding hydrogens is 192 g/mol. The first-order valence-corrected chi connectivity index (χ1v) is 5.14. The van der Waals surface area contributed by atoms with Crippen molar-refractivity contribution in [1.82, 2.24) is 5.32 Å². The molecule has 0 bridgehead atoms. The molecule has 1 fully saturated rings. The molecule has 1 aliphatic carbocycles. The van der Waals surface area contributed by atoms with Gasteiger partial charge in [0, 0.05) is 17.4 Å². The molecule has 1 saturated carbocycles. The Bertz CT molecular complexity index is 282. The molecule has 0 aromatic carbocycles. The van der Waals surface area contributed by atoms with Gasteiger partial charge in [-0.3, -0.25) is 10.2 Å². The van der Waals surface area contributed by atoms with Crippen molar-refractivity contribution >= 4 is 11.7 Å². The number of rotatable bonds is 3. The minimum Gasteiger partial charge on any atom is -0.370 e. The van der Waals surface area contributed by atoms with Gasteiger partial charge in [-0.2, -0.15) is 0 Å². The molecule has 0 aromatic heterocycles. The van der Waals surface area contributed by atoms with E-state index in [0.29, 0.717) is 0 Å². The van der Waals surface area contributed by atoms with E-state index < -0.39 is 11.5 Å². The molecule has 0 amide bonds. The molecule has 0 saturated heterocycles. The average molecular weight is 212 g/mol. The molecular formula is C10H20N4O. The predicted molar refractivity (Wildman–Crippen MR) is 59.4 cm³/mol. The van der Waals surface area contributed by atoms with E-state index in [2.05, 4.69) is 5.32 Å². The third-order valence-corrected chi connectivity index (χ3v) is 2.68.